The van der Waals surface area contributed by atoms with Gasteiger partial charge in [0.2, 0.25) is 0 Å². The molecule has 2 N–H and O–H groups in total. The molecule has 3 rings (SSSR count). The molecule has 2 bridgehead atoms. The van der Waals surface area contributed by atoms with E-state index in [1.807, 2.05) is 6.07 Å². The maximum absolute atomic E-state index is 5.84. The van der Waals surface area contributed by atoms with Gasteiger partial charge in [-0.1, -0.05) is 0 Å². The van der Waals surface area contributed by atoms with E-state index in [2.05, 4.69) is 24.0 Å². The summed E-state index contributed by atoms with van der Waals surface area (Å²) in [6.07, 6.45) is 3.32. The van der Waals surface area contributed by atoms with E-state index in [1.54, 1.807) is 0 Å². The number of ether oxygens (including phenoxy) is 1. The normalized spacial score (nSPS) is 28.4. The van der Waals surface area contributed by atoms with Crippen molar-refractivity contribution in [3.05, 3.63) is 23.8 Å². The number of hydrogen-bond acceptors (Lipinski definition) is 3. The molecule has 2 heterocycles. The van der Waals surface area contributed by atoms with Crippen LogP contribution in [0.4, 0.5) is 11.4 Å². The van der Waals surface area contributed by atoms with Gasteiger partial charge in [-0.2, -0.15) is 0 Å². The minimum atomic E-state index is 0.441. The topological polar surface area (TPSA) is 38.5 Å². The zero-order valence-corrected chi connectivity index (χ0v) is 9.65. The molecule has 2 saturated heterocycles. The smallest absolute Gasteiger partial charge is 0.0755 e. The van der Waals surface area contributed by atoms with Crippen molar-refractivity contribution in [1.29, 1.82) is 0 Å². The van der Waals surface area contributed by atoms with Crippen molar-refractivity contribution in [1.82, 2.24) is 0 Å². The second-order valence-electron chi connectivity index (χ2n) is 4.90. The van der Waals surface area contributed by atoms with Crippen LogP contribution in [0.25, 0.3) is 0 Å². The number of benzene rings is 1. The molecule has 2 fully saturated rings. The van der Waals surface area contributed by atoms with E-state index in [0.717, 1.165) is 24.3 Å². The Kier molecular flexibility index (Phi) is 2.28. The quantitative estimate of drug-likeness (QED) is 0.732. The zero-order chi connectivity index (χ0) is 11.1. The molecule has 86 valence electrons. The van der Waals surface area contributed by atoms with Crippen LogP contribution in [0.2, 0.25) is 0 Å². The number of anilines is 2. The number of fused-ring (bicyclic) bond motifs is 2. The number of morpholine rings is 1. The van der Waals surface area contributed by atoms with Crippen LogP contribution >= 0.6 is 0 Å². The maximum atomic E-state index is 5.84. The minimum Gasteiger partial charge on any atom is -0.399 e. The van der Waals surface area contributed by atoms with E-state index in [0.29, 0.717) is 12.2 Å². The van der Waals surface area contributed by atoms with Crippen LogP contribution in [0.5, 0.6) is 0 Å². The van der Waals surface area contributed by atoms with Crippen molar-refractivity contribution >= 4 is 11.4 Å². The summed E-state index contributed by atoms with van der Waals surface area (Å²) < 4.78 is 5.84. The molecule has 0 saturated carbocycles. The van der Waals surface area contributed by atoms with Gasteiger partial charge in [0.15, 0.2) is 0 Å². The van der Waals surface area contributed by atoms with Gasteiger partial charge in [-0.3, -0.25) is 0 Å². The zero-order valence-electron chi connectivity index (χ0n) is 9.65. The van der Waals surface area contributed by atoms with Gasteiger partial charge in [0.05, 0.1) is 12.2 Å². The molecule has 2 unspecified atom stereocenters. The monoisotopic (exact) mass is 218 g/mol. The lowest BCUT2D eigenvalue weighted by atomic mass is 10.1. The van der Waals surface area contributed by atoms with Crippen LogP contribution in [0.3, 0.4) is 0 Å². The Balaban J connectivity index is 1.84. The van der Waals surface area contributed by atoms with Gasteiger partial charge in [-0.25, -0.2) is 0 Å². The van der Waals surface area contributed by atoms with Gasteiger partial charge in [-0.15, -0.1) is 0 Å². The first-order chi connectivity index (χ1) is 7.72. The number of rotatable bonds is 1. The van der Waals surface area contributed by atoms with Crippen LogP contribution in [0.1, 0.15) is 18.4 Å². The molecule has 2 atom stereocenters. The van der Waals surface area contributed by atoms with Gasteiger partial charge in [0.1, 0.15) is 0 Å². The van der Waals surface area contributed by atoms with Crippen molar-refractivity contribution in [2.24, 2.45) is 0 Å². The van der Waals surface area contributed by atoms with Crippen LogP contribution in [0.15, 0.2) is 18.2 Å². The summed E-state index contributed by atoms with van der Waals surface area (Å²) in [5.41, 5.74) is 9.16. The largest absolute Gasteiger partial charge is 0.399 e. The highest BCUT2D eigenvalue weighted by molar-refractivity contribution is 5.58. The summed E-state index contributed by atoms with van der Waals surface area (Å²) in [4.78, 5) is 2.43. The van der Waals surface area contributed by atoms with Crippen molar-refractivity contribution in [2.45, 2.75) is 32.0 Å². The number of nitrogen functional groups attached to an aromatic ring is 1. The number of nitrogens with two attached hydrogens (primary N) is 1. The summed E-state index contributed by atoms with van der Waals surface area (Å²) in [6.45, 7) is 4.12. The predicted octanol–water partition coefficient (Wildman–Crippen LogP) is 1.94. The van der Waals surface area contributed by atoms with Crippen LogP contribution in [-0.2, 0) is 4.74 Å². The number of nitrogens with zero attached hydrogens (tertiary/aromatic N) is 1. The number of aryl methyl sites for hydroxylation is 1. The third-order valence-corrected chi connectivity index (χ3v) is 3.66. The Labute approximate surface area is 96.2 Å². The summed E-state index contributed by atoms with van der Waals surface area (Å²) in [7, 11) is 0. The first-order valence-electron chi connectivity index (χ1n) is 5.99. The molecule has 0 aromatic heterocycles. The molecule has 1 aromatic rings. The highest BCUT2D eigenvalue weighted by Gasteiger charge is 2.33. The molecule has 2 aliphatic heterocycles. The fraction of sp³-hybridized carbons (Fsp3) is 0.538. The first kappa shape index (κ1) is 9.97. The maximum Gasteiger partial charge on any atom is 0.0755 e. The van der Waals surface area contributed by atoms with E-state index in [-0.39, 0.29) is 0 Å². The summed E-state index contributed by atoms with van der Waals surface area (Å²) in [5, 5.41) is 0. The van der Waals surface area contributed by atoms with Gasteiger partial charge in [0, 0.05) is 24.5 Å². The molecule has 16 heavy (non-hydrogen) atoms. The molecule has 0 aliphatic carbocycles. The lowest BCUT2D eigenvalue weighted by molar-refractivity contribution is 0.0305. The van der Waals surface area contributed by atoms with Crippen LogP contribution in [0, 0.1) is 6.92 Å². The molecule has 2 aliphatic rings. The Morgan fingerprint density at radius 2 is 1.94 bits per heavy atom. The van der Waals surface area contributed by atoms with E-state index in [1.165, 1.54) is 18.5 Å². The third-order valence-electron chi connectivity index (χ3n) is 3.66. The molecular weight excluding hydrogens is 200 g/mol. The first-order valence-corrected chi connectivity index (χ1v) is 5.99. The summed E-state index contributed by atoms with van der Waals surface area (Å²) >= 11 is 0. The fourth-order valence-electron chi connectivity index (χ4n) is 2.68. The average molecular weight is 218 g/mol. The van der Waals surface area contributed by atoms with E-state index in [9.17, 15) is 0 Å². The Bertz CT molecular complexity index is 393. The van der Waals surface area contributed by atoms with Crippen molar-refractivity contribution in [3.63, 3.8) is 0 Å². The Morgan fingerprint density at radius 1 is 1.25 bits per heavy atom. The molecule has 1 aromatic carbocycles. The van der Waals surface area contributed by atoms with E-state index >= 15 is 0 Å². The lowest BCUT2D eigenvalue weighted by Gasteiger charge is -2.34. The predicted molar refractivity (Wildman–Crippen MR) is 65.7 cm³/mol. The van der Waals surface area contributed by atoms with Gasteiger partial charge in [0.25, 0.3) is 0 Å². The molecule has 0 radical (unpaired) electrons. The van der Waals surface area contributed by atoms with Crippen LogP contribution in [-0.4, -0.2) is 25.3 Å². The van der Waals surface area contributed by atoms with Crippen molar-refractivity contribution < 1.29 is 4.74 Å². The lowest BCUT2D eigenvalue weighted by Crippen LogP contribution is -2.42. The van der Waals surface area contributed by atoms with E-state index < -0.39 is 0 Å². The van der Waals surface area contributed by atoms with E-state index in [4.69, 9.17) is 10.5 Å². The SMILES string of the molecule is Cc1cc(N2CC3CCC(C2)O3)ccc1N. The van der Waals surface area contributed by atoms with Gasteiger partial charge < -0.3 is 15.4 Å². The average Bonchev–Trinajstić information content (AvgIpc) is 2.62. The standard InChI is InChI=1S/C13H18N2O/c1-9-6-10(2-5-13(9)14)15-7-11-3-4-12(8-15)16-11/h2,5-6,11-12H,3-4,7-8,14H2,1H3. The second kappa shape index (κ2) is 3.67. The van der Waals surface area contributed by atoms with Gasteiger partial charge >= 0.3 is 0 Å². The molecule has 3 nitrogen and oxygen atoms in total. The second-order valence-corrected chi connectivity index (χ2v) is 4.90. The van der Waals surface area contributed by atoms with Crippen LogP contribution < -0.4 is 10.6 Å². The third kappa shape index (κ3) is 1.65. The summed E-state index contributed by atoms with van der Waals surface area (Å²) in [5.74, 6) is 0. The van der Waals surface area contributed by atoms with Gasteiger partial charge in [-0.05, 0) is 43.5 Å². The molecule has 3 heteroatoms. The number of hydrogen-bond donors (Lipinski definition) is 1. The Hall–Kier alpha value is -1.22. The fourth-order valence-corrected chi connectivity index (χ4v) is 2.68. The molecule has 0 amide bonds. The van der Waals surface area contributed by atoms with Crippen molar-refractivity contribution in [3.8, 4) is 0 Å². The highest BCUT2D eigenvalue weighted by atomic mass is 16.5. The Morgan fingerprint density at radius 3 is 2.56 bits per heavy atom. The minimum absolute atomic E-state index is 0.441. The highest BCUT2D eigenvalue weighted by Crippen LogP contribution is 2.30. The van der Waals surface area contributed by atoms with Crippen molar-refractivity contribution in [2.75, 3.05) is 23.7 Å². The molecule has 0 spiro atoms. The molecular formula is C13H18N2O. The summed E-state index contributed by atoms with van der Waals surface area (Å²) in [6, 6.07) is 6.30.